The van der Waals surface area contributed by atoms with Gasteiger partial charge in [-0.1, -0.05) is 60.1 Å². The third-order valence-electron chi connectivity index (χ3n) is 5.59. The SMILES string of the molecule is O=C(Nc1cc(C(=O)NCC(F)(F)C(=O)O)ccc1Cl)OCC1c2ccccc2-c2ccccc21. The van der Waals surface area contributed by atoms with Crippen molar-refractivity contribution in [3.63, 3.8) is 0 Å². The van der Waals surface area contributed by atoms with E-state index in [-0.39, 0.29) is 28.8 Å². The van der Waals surface area contributed by atoms with E-state index < -0.39 is 30.4 Å². The van der Waals surface area contributed by atoms with Gasteiger partial charge in [-0.15, -0.1) is 0 Å². The third kappa shape index (κ3) is 5.09. The van der Waals surface area contributed by atoms with Crippen LogP contribution in [0, 0.1) is 0 Å². The fourth-order valence-electron chi connectivity index (χ4n) is 3.88. The molecule has 4 rings (SSSR count). The molecule has 3 N–H and O–H groups in total. The van der Waals surface area contributed by atoms with Gasteiger partial charge in [0.1, 0.15) is 6.61 Å². The van der Waals surface area contributed by atoms with Gasteiger partial charge in [0.2, 0.25) is 0 Å². The van der Waals surface area contributed by atoms with E-state index in [0.717, 1.165) is 22.3 Å². The van der Waals surface area contributed by atoms with Crippen LogP contribution in [-0.2, 0) is 9.53 Å². The van der Waals surface area contributed by atoms with Gasteiger partial charge in [0.25, 0.3) is 5.91 Å². The Balaban J connectivity index is 1.42. The van der Waals surface area contributed by atoms with Crippen LogP contribution in [-0.4, -0.2) is 42.2 Å². The number of nitrogens with one attached hydrogen (secondary N) is 2. The average molecular weight is 501 g/mol. The number of anilines is 1. The van der Waals surface area contributed by atoms with Crippen LogP contribution in [0.3, 0.4) is 0 Å². The molecular weight excluding hydrogens is 482 g/mol. The van der Waals surface area contributed by atoms with Crippen LogP contribution in [0.15, 0.2) is 66.7 Å². The van der Waals surface area contributed by atoms with Crippen LogP contribution >= 0.6 is 11.6 Å². The number of ether oxygens (including phenoxy) is 1. The number of fused-ring (bicyclic) bond motifs is 3. The van der Waals surface area contributed by atoms with Crippen molar-refractivity contribution in [3.05, 3.63) is 88.4 Å². The summed E-state index contributed by atoms with van der Waals surface area (Å²) in [6.45, 7) is -1.33. The van der Waals surface area contributed by atoms with Crippen LogP contribution in [0.25, 0.3) is 11.1 Å². The molecular formula is C25H19ClF2N2O5. The van der Waals surface area contributed by atoms with Gasteiger partial charge in [0.05, 0.1) is 17.3 Å². The minimum absolute atomic E-state index is 0.0292. The zero-order valence-corrected chi connectivity index (χ0v) is 18.8. The predicted octanol–water partition coefficient (Wildman–Crippen LogP) is 5.15. The minimum Gasteiger partial charge on any atom is -0.477 e. The molecule has 0 fully saturated rings. The molecule has 180 valence electrons. The highest BCUT2D eigenvalue weighted by Gasteiger charge is 2.39. The highest BCUT2D eigenvalue weighted by molar-refractivity contribution is 6.33. The Labute approximate surface area is 203 Å². The first-order valence-electron chi connectivity index (χ1n) is 10.5. The molecule has 0 heterocycles. The molecule has 3 aromatic carbocycles. The topological polar surface area (TPSA) is 105 Å². The van der Waals surface area contributed by atoms with Crippen molar-refractivity contribution in [1.29, 1.82) is 0 Å². The van der Waals surface area contributed by atoms with Crippen molar-refractivity contribution in [1.82, 2.24) is 5.32 Å². The average Bonchev–Trinajstić information content (AvgIpc) is 3.16. The van der Waals surface area contributed by atoms with Gasteiger partial charge in [0, 0.05) is 11.5 Å². The molecule has 0 unspecified atom stereocenters. The van der Waals surface area contributed by atoms with Crippen molar-refractivity contribution in [3.8, 4) is 11.1 Å². The van der Waals surface area contributed by atoms with Crippen LogP contribution in [0.2, 0.25) is 5.02 Å². The molecule has 10 heteroatoms. The van der Waals surface area contributed by atoms with Gasteiger partial charge in [-0.25, -0.2) is 9.59 Å². The number of rotatable bonds is 7. The summed E-state index contributed by atoms with van der Waals surface area (Å²) in [6, 6.07) is 19.4. The predicted molar refractivity (Wildman–Crippen MR) is 125 cm³/mol. The van der Waals surface area contributed by atoms with Gasteiger partial charge in [-0.3, -0.25) is 10.1 Å². The lowest BCUT2D eigenvalue weighted by atomic mass is 9.98. The summed E-state index contributed by atoms with van der Waals surface area (Å²) in [5, 5.41) is 12.8. The maximum atomic E-state index is 13.2. The quantitative estimate of drug-likeness (QED) is 0.416. The zero-order chi connectivity index (χ0) is 25.2. The first-order chi connectivity index (χ1) is 16.7. The zero-order valence-electron chi connectivity index (χ0n) is 18.1. The van der Waals surface area contributed by atoms with Crippen molar-refractivity contribution in [2.24, 2.45) is 0 Å². The van der Waals surface area contributed by atoms with Gasteiger partial charge in [-0.2, -0.15) is 8.78 Å². The van der Waals surface area contributed by atoms with Crippen LogP contribution in [0.4, 0.5) is 19.3 Å². The minimum atomic E-state index is -4.12. The summed E-state index contributed by atoms with van der Waals surface area (Å²) in [5.74, 6) is -7.59. The molecule has 0 aliphatic heterocycles. The molecule has 1 aliphatic carbocycles. The lowest BCUT2D eigenvalue weighted by Crippen LogP contribution is -2.42. The summed E-state index contributed by atoms with van der Waals surface area (Å²) in [5.41, 5.74) is 4.15. The van der Waals surface area contributed by atoms with E-state index in [1.165, 1.54) is 18.2 Å². The molecule has 0 aromatic heterocycles. The largest absolute Gasteiger partial charge is 0.477 e. The van der Waals surface area contributed by atoms with Crippen LogP contribution in [0.5, 0.6) is 0 Å². The number of carbonyl (C=O) groups is 3. The molecule has 1 aliphatic rings. The first-order valence-corrected chi connectivity index (χ1v) is 10.9. The van der Waals surface area contributed by atoms with Gasteiger partial charge in [0.15, 0.2) is 0 Å². The molecule has 0 spiro atoms. The van der Waals surface area contributed by atoms with Gasteiger partial charge < -0.3 is 15.2 Å². The number of aliphatic carboxylic acids is 1. The number of carbonyl (C=O) groups excluding carboxylic acids is 2. The third-order valence-corrected chi connectivity index (χ3v) is 5.92. The van der Waals surface area contributed by atoms with E-state index in [1.807, 2.05) is 53.8 Å². The molecule has 0 saturated heterocycles. The first kappa shape index (κ1) is 24.2. The molecule has 35 heavy (non-hydrogen) atoms. The summed E-state index contributed by atoms with van der Waals surface area (Å²) in [6.07, 6.45) is -0.816. The molecule has 0 saturated carbocycles. The van der Waals surface area contributed by atoms with Crippen LogP contribution in [0.1, 0.15) is 27.4 Å². The van der Waals surface area contributed by atoms with E-state index in [9.17, 15) is 23.2 Å². The fourth-order valence-corrected chi connectivity index (χ4v) is 4.04. The number of carboxylic acid groups (broad SMARTS) is 1. The highest BCUT2D eigenvalue weighted by atomic mass is 35.5. The standard InChI is InChI=1S/C25H19ClF2N2O5/c26-20-10-9-14(22(31)29-13-25(27,28)23(32)33)11-21(20)30-24(34)35-12-19-17-7-3-1-5-15(17)16-6-2-4-8-18(16)19/h1-11,19H,12-13H2,(H,29,31)(H,30,34)(H,32,33). The normalized spacial score (nSPS) is 12.4. The van der Waals surface area contributed by atoms with E-state index in [1.54, 1.807) is 0 Å². The maximum absolute atomic E-state index is 13.2. The summed E-state index contributed by atoms with van der Waals surface area (Å²) >= 11 is 6.10. The van der Waals surface area contributed by atoms with Crippen molar-refractivity contribution in [2.45, 2.75) is 11.8 Å². The van der Waals surface area contributed by atoms with Gasteiger partial charge >= 0.3 is 18.0 Å². The Morgan fingerprint density at radius 3 is 2.17 bits per heavy atom. The van der Waals surface area contributed by atoms with E-state index in [2.05, 4.69) is 5.32 Å². The number of alkyl halides is 2. The van der Waals surface area contributed by atoms with Crippen molar-refractivity contribution in [2.75, 3.05) is 18.5 Å². The van der Waals surface area contributed by atoms with Crippen molar-refractivity contribution >= 4 is 35.3 Å². The van der Waals surface area contributed by atoms with E-state index in [4.69, 9.17) is 21.4 Å². The summed E-state index contributed by atoms with van der Waals surface area (Å²) in [4.78, 5) is 35.2. The summed E-state index contributed by atoms with van der Waals surface area (Å²) in [7, 11) is 0. The smallest absolute Gasteiger partial charge is 0.411 e. The lowest BCUT2D eigenvalue weighted by Gasteiger charge is -2.15. The molecule has 7 nitrogen and oxygen atoms in total. The number of hydrogen-bond acceptors (Lipinski definition) is 4. The Morgan fingerprint density at radius 2 is 1.57 bits per heavy atom. The second-order valence-corrected chi connectivity index (χ2v) is 8.24. The van der Waals surface area contributed by atoms with Gasteiger partial charge in [-0.05, 0) is 40.5 Å². The Morgan fingerprint density at radius 1 is 0.971 bits per heavy atom. The monoisotopic (exact) mass is 500 g/mol. The molecule has 0 bridgehead atoms. The molecule has 0 atom stereocenters. The Hall–Kier alpha value is -3.98. The van der Waals surface area contributed by atoms with Crippen molar-refractivity contribution < 1.29 is 33.0 Å². The number of benzene rings is 3. The fraction of sp³-hybridized carbons (Fsp3) is 0.160. The van der Waals surface area contributed by atoms with E-state index >= 15 is 0 Å². The highest BCUT2D eigenvalue weighted by Crippen LogP contribution is 2.44. The molecule has 3 aromatic rings. The molecule has 2 amide bonds. The van der Waals surface area contributed by atoms with E-state index in [0.29, 0.717) is 0 Å². The maximum Gasteiger partial charge on any atom is 0.411 e. The number of hydrogen-bond donors (Lipinski definition) is 3. The Bertz CT molecular complexity index is 1270. The molecule has 0 radical (unpaired) electrons. The number of halogens is 3. The second kappa shape index (κ2) is 9.71. The summed E-state index contributed by atoms with van der Waals surface area (Å²) < 4.78 is 31.9. The lowest BCUT2D eigenvalue weighted by molar-refractivity contribution is -0.163. The Kier molecular flexibility index (Phi) is 6.70. The van der Waals surface area contributed by atoms with Crippen LogP contribution < -0.4 is 10.6 Å². The number of carboxylic acids is 1. The second-order valence-electron chi connectivity index (χ2n) is 7.84. The number of amides is 2.